The van der Waals surface area contributed by atoms with Crippen molar-refractivity contribution >= 4 is 5.69 Å². The summed E-state index contributed by atoms with van der Waals surface area (Å²) < 4.78 is 26.7. The Morgan fingerprint density at radius 3 is 2.26 bits per heavy atom. The number of halogens is 2. The fourth-order valence-corrected chi connectivity index (χ4v) is 2.93. The van der Waals surface area contributed by atoms with Crippen molar-refractivity contribution in [3.8, 4) is 0 Å². The first-order chi connectivity index (χ1) is 8.86. The van der Waals surface area contributed by atoms with E-state index in [2.05, 4.69) is 26.1 Å². The molecule has 1 aliphatic rings. The van der Waals surface area contributed by atoms with E-state index in [1.54, 1.807) is 0 Å². The van der Waals surface area contributed by atoms with Gasteiger partial charge in [-0.2, -0.15) is 0 Å². The second-order valence-corrected chi connectivity index (χ2v) is 6.68. The molecular formula is C16H23F2N. The molecule has 19 heavy (non-hydrogen) atoms. The van der Waals surface area contributed by atoms with Gasteiger partial charge in [-0.15, -0.1) is 0 Å². The highest BCUT2D eigenvalue weighted by atomic mass is 19.1. The van der Waals surface area contributed by atoms with Gasteiger partial charge in [0.2, 0.25) is 0 Å². The molecule has 0 atom stereocenters. The lowest BCUT2D eigenvalue weighted by molar-refractivity contribution is 0.173. The van der Waals surface area contributed by atoms with Crippen LogP contribution in [0.2, 0.25) is 0 Å². The van der Waals surface area contributed by atoms with Crippen molar-refractivity contribution in [1.82, 2.24) is 0 Å². The Morgan fingerprint density at radius 2 is 1.68 bits per heavy atom. The molecule has 0 heterocycles. The van der Waals surface area contributed by atoms with Crippen LogP contribution in [0.15, 0.2) is 18.2 Å². The molecular weight excluding hydrogens is 244 g/mol. The van der Waals surface area contributed by atoms with Gasteiger partial charge in [0, 0.05) is 6.04 Å². The predicted octanol–water partition coefficient (Wildman–Crippen LogP) is 4.98. The van der Waals surface area contributed by atoms with E-state index in [4.69, 9.17) is 0 Å². The Labute approximate surface area is 114 Å². The highest BCUT2D eigenvalue weighted by Crippen LogP contribution is 2.38. The van der Waals surface area contributed by atoms with E-state index in [1.165, 1.54) is 12.1 Å². The van der Waals surface area contributed by atoms with E-state index >= 15 is 0 Å². The van der Waals surface area contributed by atoms with Crippen LogP contribution in [0.25, 0.3) is 0 Å². The summed E-state index contributed by atoms with van der Waals surface area (Å²) in [5.41, 5.74) is 0.633. The Kier molecular flexibility index (Phi) is 4.12. The molecule has 0 unspecified atom stereocenters. The fourth-order valence-electron chi connectivity index (χ4n) is 2.93. The summed E-state index contributed by atoms with van der Waals surface area (Å²) >= 11 is 0. The zero-order valence-corrected chi connectivity index (χ0v) is 12.0. The van der Waals surface area contributed by atoms with Gasteiger partial charge in [-0.1, -0.05) is 20.8 Å². The van der Waals surface area contributed by atoms with E-state index in [1.807, 2.05) is 0 Å². The first kappa shape index (κ1) is 14.3. The zero-order chi connectivity index (χ0) is 14.0. The smallest absolute Gasteiger partial charge is 0.146 e. The third-order valence-corrected chi connectivity index (χ3v) is 4.24. The van der Waals surface area contributed by atoms with Crippen LogP contribution in [-0.4, -0.2) is 6.04 Å². The molecule has 1 aromatic rings. The molecule has 1 nitrogen and oxygen atoms in total. The minimum atomic E-state index is -0.396. The van der Waals surface area contributed by atoms with Crippen molar-refractivity contribution in [1.29, 1.82) is 0 Å². The van der Waals surface area contributed by atoms with E-state index in [0.717, 1.165) is 37.7 Å². The molecule has 0 saturated heterocycles. The van der Waals surface area contributed by atoms with Crippen LogP contribution < -0.4 is 5.32 Å². The summed E-state index contributed by atoms with van der Waals surface area (Å²) in [5.74, 6) is -0.0467. The van der Waals surface area contributed by atoms with Gasteiger partial charge >= 0.3 is 0 Å². The summed E-state index contributed by atoms with van der Waals surface area (Å²) in [6.45, 7) is 6.83. The first-order valence-electron chi connectivity index (χ1n) is 7.08. The average molecular weight is 267 g/mol. The van der Waals surface area contributed by atoms with Gasteiger partial charge in [0.15, 0.2) is 0 Å². The van der Waals surface area contributed by atoms with Crippen molar-refractivity contribution in [2.75, 3.05) is 5.32 Å². The number of anilines is 1. The van der Waals surface area contributed by atoms with Crippen LogP contribution in [0.1, 0.15) is 46.5 Å². The third kappa shape index (κ3) is 3.68. The highest BCUT2D eigenvalue weighted by molar-refractivity contribution is 5.45. The molecule has 0 bridgehead atoms. The van der Waals surface area contributed by atoms with Crippen LogP contribution in [-0.2, 0) is 0 Å². The summed E-state index contributed by atoms with van der Waals surface area (Å²) in [6.07, 6.45) is 4.35. The summed E-state index contributed by atoms with van der Waals surface area (Å²) in [6, 6.07) is 3.83. The van der Waals surface area contributed by atoms with Gasteiger partial charge in [-0.05, 0) is 55.2 Å². The molecule has 3 heteroatoms. The van der Waals surface area contributed by atoms with E-state index in [0.29, 0.717) is 11.1 Å². The van der Waals surface area contributed by atoms with Gasteiger partial charge < -0.3 is 5.32 Å². The standard InChI is InChI=1S/C16H23F2N/c1-16(2,3)11-4-7-13(8-5-11)19-15-10-12(17)6-9-14(15)18/h6,9-11,13,19H,4-5,7-8H2,1-3H3. The number of benzene rings is 1. The summed E-state index contributed by atoms with van der Waals surface area (Å²) in [4.78, 5) is 0. The molecule has 0 radical (unpaired) electrons. The third-order valence-electron chi connectivity index (χ3n) is 4.24. The van der Waals surface area contributed by atoms with E-state index in [-0.39, 0.29) is 11.9 Å². The number of nitrogens with one attached hydrogen (secondary N) is 1. The Balaban J connectivity index is 1.94. The maximum Gasteiger partial charge on any atom is 0.146 e. The van der Waals surface area contributed by atoms with Gasteiger partial charge in [-0.25, -0.2) is 8.78 Å². The van der Waals surface area contributed by atoms with Gasteiger partial charge in [-0.3, -0.25) is 0 Å². The molecule has 1 saturated carbocycles. The Hall–Kier alpha value is -1.12. The molecule has 0 aliphatic heterocycles. The number of hydrogen-bond acceptors (Lipinski definition) is 1. The van der Waals surface area contributed by atoms with Gasteiger partial charge in [0.25, 0.3) is 0 Å². The normalized spacial score (nSPS) is 24.3. The minimum absolute atomic E-state index is 0.259. The zero-order valence-electron chi connectivity index (χ0n) is 12.0. The lowest BCUT2D eigenvalue weighted by Gasteiger charge is -2.37. The maximum absolute atomic E-state index is 13.6. The summed E-state index contributed by atoms with van der Waals surface area (Å²) in [7, 11) is 0. The van der Waals surface area contributed by atoms with Crippen molar-refractivity contribution in [2.24, 2.45) is 11.3 Å². The SMILES string of the molecule is CC(C)(C)C1CCC(Nc2cc(F)ccc2F)CC1. The van der Waals surface area contributed by atoms with Crippen molar-refractivity contribution in [2.45, 2.75) is 52.5 Å². The van der Waals surface area contributed by atoms with Gasteiger partial charge in [0.1, 0.15) is 11.6 Å². The fraction of sp³-hybridized carbons (Fsp3) is 0.625. The van der Waals surface area contributed by atoms with Crippen LogP contribution in [0.5, 0.6) is 0 Å². The maximum atomic E-state index is 13.6. The molecule has 1 aliphatic carbocycles. The molecule has 2 rings (SSSR count). The lowest BCUT2D eigenvalue weighted by atomic mass is 9.71. The quantitative estimate of drug-likeness (QED) is 0.796. The highest BCUT2D eigenvalue weighted by Gasteiger charge is 2.29. The number of hydrogen-bond donors (Lipinski definition) is 1. The first-order valence-corrected chi connectivity index (χ1v) is 7.08. The predicted molar refractivity (Wildman–Crippen MR) is 75.2 cm³/mol. The van der Waals surface area contributed by atoms with Crippen LogP contribution in [0.4, 0.5) is 14.5 Å². The molecule has 1 aromatic carbocycles. The monoisotopic (exact) mass is 267 g/mol. The van der Waals surface area contributed by atoms with Crippen molar-refractivity contribution in [3.05, 3.63) is 29.8 Å². The van der Waals surface area contributed by atoms with Crippen LogP contribution in [0, 0.1) is 23.0 Å². The molecule has 106 valence electrons. The topological polar surface area (TPSA) is 12.0 Å². The van der Waals surface area contributed by atoms with Gasteiger partial charge in [0.05, 0.1) is 5.69 Å². The van der Waals surface area contributed by atoms with Crippen LogP contribution in [0.3, 0.4) is 0 Å². The van der Waals surface area contributed by atoms with E-state index < -0.39 is 5.82 Å². The van der Waals surface area contributed by atoms with Crippen LogP contribution >= 0.6 is 0 Å². The van der Waals surface area contributed by atoms with Crippen molar-refractivity contribution < 1.29 is 8.78 Å². The molecule has 1 fully saturated rings. The second kappa shape index (κ2) is 5.48. The number of rotatable bonds is 2. The lowest BCUT2D eigenvalue weighted by Crippen LogP contribution is -2.31. The molecule has 0 aromatic heterocycles. The summed E-state index contributed by atoms with van der Waals surface area (Å²) in [5, 5.41) is 3.15. The molecule has 0 spiro atoms. The Morgan fingerprint density at radius 1 is 1.05 bits per heavy atom. The molecule has 1 N–H and O–H groups in total. The van der Waals surface area contributed by atoms with Crippen molar-refractivity contribution in [3.63, 3.8) is 0 Å². The second-order valence-electron chi connectivity index (χ2n) is 6.68. The van der Waals surface area contributed by atoms with E-state index in [9.17, 15) is 8.78 Å². The molecule has 0 amide bonds. The minimum Gasteiger partial charge on any atom is -0.380 e. The largest absolute Gasteiger partial charge is 0.380 e. The average Bonchev–Trinajstić information content (AvgIpc) is 2.33. The Bertz CT molecular complexity index is 429.